The number of hydrogen-bond donors (Lipinski definition) is 3. The minimum Gasteiger partial charge on any atom is -0.461 e. The van der Waals surface area contributed by atoms with Gasteiger partial charge in [-0.1, -0.05) is 0 Å². The van der Waals surface area contributed by atoms with Gasteiger partial charge in [-0.3, -0.25) is 9.78 Å². The van der Waals surface area contributed by atoms with Crippen LogP contribution in [0.5, 0.6) is 6.01 Å². The molecule has 4 aromatic heterocycles. The molecule has 0 aromatic carbocycles. The first-order valence-corrected chi connectivity index (χ1v) is 11.9. The third-order valence-electron chi connectivity index (χ3n) is 5.67. The van der Waals surface area contributed by atoms with E-state index < -0.39 is 24.2 Å². The zero-order chi connectivity index (χ0) is 28.0. The molecule has 0 fully saturated rings. The summed E-state index contributed by atoms with van der Waals surface area (Å²) >= 11 is 0. The normalized spacial score (nSPS) is 12.1. The predicted octanol–water partition coefficient (Wildman–Crippen LogP) is 2.67. The summed E-state index contributed by atoms with van der Waals surface area (Å²) in [6, 6.07) is 9.15. The number of hydrogen-bond acceptors (Lipinski definition) is 10. The molecule has 1 atom stereocenters. The van der Waals surface area contributed by atoms with Crippen molar-refractivity contribution in [2.45, 2.75) is 25.6 Å². The predicted molar refractivity (Wildman–Crippen MR) is 139 cm³/mol. The van der Waals surface area contributed by atoms with Crippen molar-refractivity contribution in [3.8, 4) is 23.5 Å². The molecule has 4 rings (SSSR count). The van der Waals surface area contributed by atoms with E-state index in [1.165, 1.54) is 38.6 Å². The topological polar surface area (TPSA) is 160 Å². The number of fused-ring (bicyclic) bond motifs is 1. The Morgan fingerprint density at radius 1 is 1.18 bits per heavy atom. The number of carbonyl (C=O) groups is 1. The van der Waals surface area contributed by atoms with Gasteiger partial charge in [0.15, 0.2) is 0 Å². The number of methoxy groups -OCH3 is 1. The molecule has 12 nitrogen and oxygen atoms in total. The molecule has 0 bridgehead atoms. The average molecular weight is 535 g/mol. The molecular weight excluding hydrogens is 507 g/mol. The van der Waals surface area contributed by atoms with Crippen LogP contribution in [0.4, 0.5) is 15.8 Å². The highest BCUT2D eigenvalue weighted by molar-refractivity contribution is 6.00. The van der Waals surface area contributed by atoms with Gasteiger partial charge in [-0.05, 0) is 38.1 Å². The number of amides is 1. The van der Waals surface area contributed by atoms with Crippen molar-refractivity contribution >= 4 is 22.8 Å². The van der Waals surface area contributed by atoms with Gasteiger partial charge in [-0.2, -0.15) is 10.4 Å². The minimum absolute atomic E-state index is 0.128. The molecule has 39 heavy (non-hydrogen) atoms. The van der Waals surface area contributed by atoms with Crippen LogP contribution in [0.1, 0.15) is 29.8 Å². The lowest BCUT2D eigenvalue weighted by atomic mass is 10.0. The van der Waals surface area contributed by atoms with Crippen molar-refractivity contribution in [2.24, 2.45) is 0 Å². The van der Waals surface area contributed by atoms with Crippen molar-refractivity contribution in [1.29, 1.82) is 5.26 Å². The number of pyridine rings is 1. The molecule has 0 radical (unpaired) electrons. The highest BCUT2D eigenvalue weighted by atomic mass is 19.1. The Balaban J connectivity index is 1.65. The number of halogens is 1. The SMILES string of the molecule is COCCOc1ncc(Nc2cc(-c3ccc4cc(C#N)cnn34)ncc2C(=O)NC[C@@H](F)C(C)(C)O)cn1. The van der Waals surface area contributed by atoms with Crippen LogP contribution >= 0.6 is 0 Å². The Morgan fingerprint density at radius 3 is 2.64 bits per heavy atom. The molecule has 4 heterocycles. The molecule has 0 saturated heterocycles. The molecule has 0 spiro atoms. The molecule has 3 N–H and O–H groups in total. The zero-order valence-corrected chi connectivity index (χ0v) is 21.6. The number of nitrogens with one attached hydrogen (secondary N) is 2. The maximum atomic E-state index is 14.3. The van der Waals surface area contributed by atoms with Crippen molar-refractivity contribution in [3.63, 3.8) is 0 Å². The fourth-order valence-corrected chi connectivity index (χ4v) is 3.49. The number of nitrogens with zero attached hydrogens (tertiary/aromatic N) is 6. The van der Waals surface area contributed by atoms with E-state index >= 15 is 0 Å². The third-order valence-corrected chi connectivity index (χ3v) is 5.67. The van der Waals surface area contributed by atoms with Gasteiger partial charge in [0.05, 0.1) is 76.7 Å². The Labute approximate surface area is 223 Å². The van der Waals surface area contributed by atoms with Crippen LogP contribution in [-0.2, 0) is 4.74 Å². The number of rotatable bonds is 11. The first-order chi connectivity index (χ1) is 18.7. The van der Waals surface area contributed by atoms with Crippen molar-refractivity contribution in [1.82, 2.24) is 29.9 Å². The lowest BCUT2D eigenvalue weighted by Gasteiger charge is -2.22. The van der Waals surface area contributed by atoms with Crippen LogP contribution in [0.3, 0.4) is 0 Å². The zero-order valence-electron chi connectivity index (χ0n) is 21.6. The van der Waals surface area contributed by atoms with Gasteiger partial charge in [0, 0.05) is 13.3 Å². The molecule has 0 aliphatic heterocycles. The van der Waals surface area contributed by atoms with E-state index in [9.17, 15) is 14.3 Å². The molecular formula is C26H27FN8O4. The summed E-state index contributed by atoms with van der Waals surface area (Å²) in [7, 11) is 1.56. The van der Waals surface area contributed by atoms with Crippen LogP contribution in [-0.4, -0.2) is 74.2 Å². The number of carbonyl (C=O) groups excluding carboxylic acids is 1. The van der Waals surface area contributed by atoms with Crippen molar-refractivity contribution in [3.05, 3.63) is 60.2 Å². The van der Waals surface area contributed by atoms with Crippen molar-refractivity contribution < 1.29 is 23.8 Å². The quantitative estimate of drug-likeness (QED) is 0.244. The Hall–Kier alpha value is -4.67. The van der Waals surface area contributed by atoms with E-state index in [0.29, 0.717) is 40.4 Å². The third kappa shape index (κ3) is 6.61. The maximum Gasteiger partial charge on any atom is 0.316 e. The summed E-state index contributed by atoms with van der Waals surface area (Å²) in [4.78, 5) is 25.8. The van der Waals surface area contributed by atoms with Gasteiger partial charge in [0.2, 0.25) is 0 Å². The second-order valence-corrected chi connectivity index (χ2v) is 9.08. The number of nitriles is 1. The number of aliphatic hydroxyl groups is 1. The van der Waals surface area contributed by atoms with Crippen LogP contribution < -0.4 is 15.4 Å². The molecule has 0 unspecified atom stereocenters. The Kier molecular flexibility index (Phi) is 8.28. The fourth-order valence-electron chi connectivity index (χ4n) is 3.49. The number of aromatic nitrogens is 5. The molecule has 202 valence electrons. The van der Waals surface area contributed by atoms with E-state index in [1.54, 1.807) is 35.9 Å². The fraction of sp³-hybridized carbons (Fsp3) is 0.308. The lowest BCUT2D eigenvalue weighted by Crippen LogP contribution is -2.42. The molecule has 4 aromatic rings. The van der Waals surface area contributed by atoms with Crippen LogP contribution in [0.15, 0.2) is 49.1 Å². The maximum absolute atomic E-state index is 14.3. The molecule has 0 aliphatic carbocycles. The second-order valence-electron chi connectivity index (χ2n) is 9.08. The monoisotopic (exact) mass is 534 g/mol. The van der Waals surface area contributed by atoms with E-state index in [4.69, 9.17) is 14.7 Å². The van der Waals surface area contributed by atoms with Gasteiger partial charge in [-0.15, -0.1) is 0 Å². The van der Waals surface area contributed by atoms with Gasteiger partial charge < -0.3 is 25.2 Å². The largest absolute Gasteiger partial charge is 0.461 e. The first-order valence-electron chi connectivity index (χ1n) is 11.9. The standard InChI is InChI=1S/C26H27FN8O4/c1-26(2,37)23(27)15-30-24(36)19-14-29-21(22-5-4-18-8-16(10-28)11-33-35(18)22)9-20(19)34-17-12-31-25(32-13-17)39-7-6-38-3/h4-5,8-9,11-14,23,37H,6-7,15H2,1-3H3,(H,29,34)(H,30,36)/t23-/m1/s1. The lowest BCUT2D eigenvalue weighted by molar-refractivity contribution is -0.00177. The molecule has 0 aliphatic rings. The van der Waals surface area contributed by atoms with Gasteiger partial charge in [0.1, 0.15) is 18.8 Å². The average Bonchev–Trinajstić information content (AvgIpc) is 3.35. The summed E-state index contributed by atoms with van der Waals surface area (Å²) in [6.07, 6.45) is 4.10. The first kappa shape index (κ1) is 27.4. The number of anilines is 2. The Morgan fingerprint density at radius 2 is 1.95 bits per heavy atom. The van der Waals surface area contributed by atoms with Crippen LogP contribution in [0.25, 0.3) is 16.9 Å². The van der Waals surface area contributed by atoms with E-state index in [0.717, 1.165) is 0 Å². The van der Waals surface area contributed by atoms with Gasteiger partial charge in [-0.25, -0.2) is 18.9 Å². The number of ether oxygens (including phenoxy) is 2. The highest BCUT2D eigenvalue weighted by Crippen LogP contribution is 2.27. The van der Waals surface area contributed by atoms with Crippen LogP contribution in [0.2, 0.25) is 0 Å². The smallest absolute Gasteiger partial charge is 0.316 e. The van der Waals surface area contributed by atoms with E-state index in [1.807, 2.05) is 0 Å². The van der Waals surface area contributed by atoms with E-state index in [2.05, 4.69) is 36.8 Å². The summed E-state index contributed by atoms with van der Waals surface area (Å²) in [5.74, 6) is -0.597. The van der Waals surface area contributed by atoms with E-state index in [-0.39, 0.29) is 18.2 Å². The molecule has 13 heteroatoms. The van der Waals surface area contributed by atoms with Crippen LogP contribution in [0, 0.1) is 11.3 Å². The summed E-state index contributed by atoms with van der Waals surface area (Å²) < 4.78 is 26.2. The highest BCUT2D eigenvalue weighted by Gasteiger charge is 2.27. The van der Waals surface area contributed by atoms with Gasteiger partial charge >= 0.3 is 6.01 Å². The van der Waals surface area contributed by atoms with Crippen molar-refractivity contribution in [2.75, 3.05) is 32.2 Å². The molecule has 1 amide bonds. The minimum atomic E-state index is -1.68. The summed E-state index contributed by atoms with van der Waals surface area (Å²) in [5, 5.41) is 28.9. The summed E-state index contributed by atoms with van der Waals surface area (Å²) in [5.41, 5.74) is 1.52. The second kappa shape index (κ2) is 11.8. The molecule has 0 saturated carbocycles. The Bertz CT molecular complexity index is 1490. The summed E-state index contributed by atoms with van der Waals surface area (Å²) in [6.45, 7) is 2.93. The number of alkyl halides is 1. The van der Waals surface area contributed by atoms with Gasteiger partial charge in [0.25, 0.3) is 5.91 Å².